The van der Waals surface area contributed by atoms with Gasteiger partial charge in [0.1, 0.15) is 6.23 Å². The molecule has 1 heterocycles. The second-order valence-electron chi connectivity index (χ2n) is 3.02. The first-order valence-corrected chi connectivity index (χ1v) is 4.57. The lowest BCUT2D eigenvalue weighted by Gasteiger charge is -2.23. The fraction of sp³-hybridized carbons (Fsp3) is 0.889. The van der Waals surface area contributed by atoms with Gasteiger partial charge in [0.2, 0.25) is 0 Å². The topological polar surface area (TPSA) is 21.3 Å². The molecule has 1 aliphatic rings. The summed E-state index contributed by atoms with van der Waals surface area (Å²) in [5, 5.41) is 3.36. The predicted octanol–water partition coefficient (Wildman–Crippen LogP) is 1.72. The molecule has 1 rings (SSSR count). The van der Waals surface area contributed by atoms with Crippen molar-refractivity contribution in [3.8, 4) is 0 Å². The van der Waals surface area contributed by atoms with Gasteiger partial charge in [0, 0.05) is 6.61 Å². The average molecular weight is 156 g/mol. The van der Waals surface area contributed by atoms with Crippen LogP contribution in [-0.2, 0) is 4.74 Å². The highest BCUT2D eigenvalue weighted by atomic mass is 16.5. The van der Waals surface area contributed by atoms with Gasteiger partial charge in [-0.05, 0) is 32.2 Å². The number of hydrogen-bond acceptors (Lipinski definition) is 2. The number of ether oxygens (including phenoxy) is 1. The van der Waals surface area contributed by atoms with Crippen LogP contribution in [0.5, 0.6) is 0 Å². The first-order chi connectivity index (χ1) is 5.43. The fourth-order valence-corrected chi connectivity index (χ4v) is 1.29. The van der Waals surface area contributed by atoms with Crippen LogP contribution in [0.2, 0.25) is 0 Å². The Balaban J connectivity index is 1.96. The van der Waals surface area contributed by atoms with E-state index < -0.39 is 0 Å². The van der Waals surface area contributed by atoms with Crippen LogP contribution < -0.4 is 5.32 Å². The number of rotatable bonds is 4. The van der Waals surface area contributed by atoms with Crippen molar-refractivity contribution in [1.29, 1.82) is 0 Å². The lowest BCUT2D eigenvalue weighted by molar-refractivity contribution is -0.00502. The van der Waals surface area contributed by atoms with Crippen LogP contribution in [0.25, 0.3) is 0 Å². The highest BCUT2D eigenvalue weighted by Gasteiger charge is 2.11. The van der Waals surface area contributed by atoms with Crippen molar-refractivity contribution < 1.29 is 4.74 Å². The molecule has 0 saturated carbocycles. The molecular weight excluding hydrogens is 138 g/mol. The zero-order chi connectivity index (χ0) is 7.94. The molecular formula is C9H18NO. The number of hydrogen-bond donors (Lipinski definition) is 1. The summed E-state index contributed by atoms with van der Waals surface area (Å²) in [5.74, 6) is 0. The molecule has 0 aromatic rings. The highest BCUT2D eigenvalue weighted by Crippen LogP contribution is 2.09. The van der Waals surface area contributed by atoms with Gasteiger partial charge in [-0.2, -0.15) is 0 Å². The summed E-state index contributed by atoms with van der Waals surface area (Å²) in [6, 6.07) is 0. The third kappa shape index (κ3) is 3.73. The summed E-state index contributed by atoms with van der Waals surface area (Å²) in [6.07, 6.45) is 6.21. The van der Waals surface area contributed by atoms with Crippen LogP contribution in [0.1, 0.15) is 32.1 Å². The molecule has 2 nitrogen and oxygen atoms in total. The van der Waals surface area contributed by atoms with E-state index in [2.05, 4.69) is 12.2 Å². The summed E-state index contributed by atoms with van der Waals surface area (Å²) >= 11 is 0. The van der Waals surface area contributed by atoms with Gasteiger partial charge in [0.25, 0.3) is 0 Å². The van der Waals surface area contributed by atoms with Crippen molar-refractivity contribution in [3.63, 3.8) is 0 Å². The van der Waals surface area contributed by atoms with Gasteiger partial charge in [0.05, 0.1) is 0 Å². The molecule has 1 radical (unpaired) electrons. The Hall–Kier alpha value is -0.0800. The third-order valence-corrected chi connectivity index (χ3v) is 1.98. The molecule has 1 fully saturated rings. The van der Waals surface area contributed by atoms with Crippen LogP contribution in [0.4, 0.5) is 0 Å². The molecule has 65 valence electrons. The van der Waals surface area contributed by atoms with E-state index in [0.29, 0.717) is 6.23 Å². The second-order valence-corrected chi connectivity index (χ2v) is 3.02. The van der Waals surface area contributed by atoms with Crippen LogP contribution in [0, 0.1) is 6.92 Å². The van der Waals surface area contributed by atoms with Gasteiger partial charge in [0.15, 0.2) is 0 Å². The Morgan fingerprint density at radius 2 is 2.36 bits per heavy atom. The predicted molar refractivity (Wildman–Crippen MR) is 46.2 cm³/mol. The molecule has 2 heteroatoms. The van der Waals surface area contributed by atoms with Gasteiger partial charge < -0.3 is 4.74 Å². The average Bonchev–Trinajstić information content (AvgIpc) is 2.07. The molecule has 1 N–H and O–H groups in total. The molecule has 0 amide bonds. The monoisotopic (exact) mass is 156 g/mol. The lowest BCUT2D eigenvalue weighted by atomic mass is 10.2. The Kier molecular flexibility index (Phi) is 4.55. The van der Waals surface area contributed by atoms with E-state index in [9.17, 15) is 0 Å². The smallest absolute Gasteiger partial charge is 0.108 e. The van der Waals surface area contributed by atoms with Crippen molar-refractivity contribution >= 4 is 0 Å². The SMILES string of the molecule is [CH2]CCCNC1CCCCO1. The van der Waals surface area contributed by atoms with Crippen molar-refractivity contribution in [1.82, 2.24) is 5.32 Å². The first-order valence-electron chi connectivity index (χ1n) is 4.57. The van der Waals surface area contributed by atoms with Crippen LogP contribution in [0.3, 0.4) is 0 Å². The maximum Gasteiger partial charge on any atom is 0.108 e. The molecule has 0 aliphatic carbocycles. The standard InChI is InChI=1S/C9H18NO/c1-2-3-7-10-9-6-4-5-8-11-9/h9-10H,1-8H2. The van der Waals surface area contributed by atoms with Crippen LogP contribution in [0.15, 0.2) is 0 Å². The summed E-state index contributed by atoms with van der Waals surface area (Å²) in [7, 11) is 0. The van der Waals surface area contributed by atoms with E-state index in [0.717, 1.165) is 26.0 Å². The molecule has 0 bridgehead atoms. The fourth-order valence-electron chi connectivity index (χ4n) is 1.29. The van der Waals surface area contributed by atoms with Crippen molar-refractivity contribution in [2.24, 2.45) is 0 Å². The maximum atomic E-state index is 5.49. The van der Waals surface area contributed by atoms with Gasteiger partial charge in [-0.25, -0.2) is 0 Å². The number of nitrogens with one attached hydrogen (secondary N) is 1. The van der Waals surface area contributed by atoms with Gasteiger partial charge in [-0.15, -0.1) is 0 Å². The third-order valence-electron chi connectivity index (χ3n) is 1.98. The lowest BCUT2D eigenvalue weighted by Crippen LogP contribution is -2.35. The quantitative estimate of drug-likeness (QED) is 0.626. The zero-order valence-electron chi connectivity index (χ0n) is 7.14. The molecule has 0 aromatic carbocycles. The van der Waals surface area contributed by atoms with E-state index in [4.69, 9.17) is 4.74 Å². The maximum absolute atomic E-state index is 5.49. The molecule has 1 saturated heterocycles. The first kappa shape index (κ1) is 9.01. The molecule has 1 atom stereocenters. The van der Waals surface area contributed by atoms with Gasteiger partial charge >= 0.3 is 0 Å². The zero-order valence-corrected chi connectivity index (χ0v) is 7.14. The van der Waals surface area contributed by atoms with Crippen LogP contribution >= 0.6 is 0 Å². The van der Waals surface area contributed by atoms with E-state index in [1.807, 2.05) is 0 Å². The summed E-state index contributed by atoms with van der Waals surface area (Å²) in [6.45, 7) is 5.77. The minimum atomic E-state index is 0.329. The largest absolute Gasteiger partial charge is 0.363 e. The van der Waals surface area contributed by atoms with E-state index >= 15 is 0 Å². The Morgan fingerprint density at radius 3 is 3.00 bits per heavy atom. The second kappa shape index (κ2) is 5.56. The van der Waals surface area contributed by atoms with E-state index in [-0.39, 0.29) is 0 Å². The molecule has 1 aliphatic heterocycles. The van der Waals surface area contributed by atoms with Crippen LogP contribution in [-0.4, -0.2) is 19.4 Å². The van der Waals surface area contributed by atoms with E-state index in [1.165, 1.54) is 19.3 Å². The van der Waals surface area contributed by atoms with Crippen molar-refractivity contribution in [2.75, 3.05) is 13.2 Å². The van der Waals surface area contributed by atoms with E-state index in [1.54, 1.807) is 0 Å². The van der Waals surface area contributed by atoms with Gasteiger partial charge in [-0.1, -0.05) is 13.3 Å². The highest BCUT2D eigenvalue weighted by molar-refractivity contribution is 4.61. The molecule has 11 heavy (non-hydrogen) atoms. The van der Waals surface area contributed by atoms with Gasteiger partial charge in [-0.3, -0.25) is 5.32 Å². The Morgan fingerprint density at radius 1 is 1.45 bits per heavy atom. The molecule has 0 spiro atoms. The number of unbranched alkanes of at least 4 members (excludes halogenated alkanes) is 1. The van der Waals surface area contributed by atoms with Crippen molar-refractivity contribution in [3.05, 3.63) is 6.92 Å². The minimum Gasteiger partial charge on any atom is -0.363 e. The minimum absolute atomic E-state index is 0.329. The normalized spacial score (nSPS) is 25.4. The Bertz CT molecular complexity index is 89.6. The molecule has 0 aromatic heterocycles. The summed E-state index contributed by atoms with van der Waals surface area (Å²) in [4.78, 5) is 0. The Labute approximate surface area is 69.3 Å². The summed E-state index contributed by atoms with van der Waals surface area (Å²) < 4.78 is 5.49. The summed E-state index contributed by atoms with van der Waals surface area (Å²) in [5.41, 5.74) is 0. The van der Waals surface area contributed by atoms with Crippen molar-refractivity contribution in [2.45, 2.75) is 38.3 Å². The molecule has 1 unspecified atom stereocenters.